The van der Waals surface area contributed by atoms with Crippen LogP contribution in [0, 0.1) is 0 Å². The lowest BCUT2D eigenvalue weighted by Crippen LogP contribution is -2.50. The number of carboxylic acids is 2. The maximum atomic E-state index is 13.2. The number of carboxylic acid groups (broad SMARTS) is 2. The Balaban J connectivity index is 0.713. The number of nitrogens with one attached hydrogen (secondary N) is 2. The van der Waals surface area contributed by atoms with E-state index in [4.69, 9.17) is 28.4 Å². The van der Waals surface area contributed by atoms with Crippen LogP contribution in [0.5, 0.6) is 0 Å². The molecule has 0 aromatic heterocycles. The smallest absolute Gasteiger partial charge is 0.407 e. The van der Waals surface area contributed by atoms with Crippen LogP contribution in [0.1, 0.15) is 59.8 Å². The SMILES string of the molecule is O=C(O)CN1CCN(CC(=O)CCCOCCOCCNC(=O)OCC2c3ccccc3-c3ccccc32)CCN(CC(=O)O)CCN(CC(=O)NCCOCCOCCCC(=O)OCC2c3ccccc3-c3ccccc32)CC1. The van der Waals surface area contributed by atoms with Crippen LogP contribution in [-0.2, 0) is 52.4 Å². The van der Waals surface area contributed by atoms with Gasteiger partial charge in [-0.25, -0.2) is 4.79 Å². The number of Topliss-reactive ketones (excluding diaryl/α,β-unsaturated/α-hetero) is 1. The molecule has 3 aliphatic rings. The van der Waals surface area contributed by atoms with E-state index in [-0.39, 0.29) is 108 Å². The highest BCUT2D eigenvalue weighted by Gasteiger charge is 2.31. The molecule has 432 valence electrons. The van der Waals surface area contributed by atoms with Crippen molar-refractivity contribution in [3.8, 4) is 22.3 Å². The molecule has 0 spiro atoms. The predicted octanol–water partition coefficient (Wildman–Crippen LogP) is 4.58. The molecule has 1 aliphatic heterocycles. The average molecular weight is 1110 g/mol. The Hall–Kier alpha value is -6.62. The number of hydrogen-bond acceptors (Lipinski definition) is 16. The van der Waals surface area contributed by atoms with Gasteiger partial charge in [0.05, 0.1) is 65.8 Å². The molecule has 7 rings (SSSR count). The Morgan fingerprint density at radius 2 is 0.787 bits per heavy atom. The second-order valence-electron chi connectivity index (χ2n) is 20.1. The Morgan fingerprint density at radius 1 is 0.425 bits per heavy atom. The number of amides is 2. The number of benzene rings is 4. The summed E-state index contributed by atoms with van der Waals surface area (Å²) in [5.41, 5.74) is 9.31. The molecule has 0 atom stereocenters. The summed E-state index contributed by atoms with van der Waals surface area (Å²) in [6.07, 6.45) is 1.01. The number of rotatable bonds is 32. The zero-order chi connectivity index (χ0) is 56.3. The van der Waals surface area contributed by atoms with Gasteiger partial charge in [0.15, 0.2) is 0 Å². The molecule has 4 aromatic carbocycles. The maximum absolute atomic E-state index is 13.2. The van der Waals surface area contributed by atoms with Gasteiger partial charge in [-0.15, -0.1) is 0 Å². The average Bonchev–Trinajstić information content (AvgIpc) is 4.01. The molecule has 2 aliphatic carbocycles. The molecule has 0 saturated carbocycles. The number of carbonyl (C=O) groups excluding carboxylic acids is 4. The van der Waals surface area contributed by atoms with Crippen molar-refractivity contribution in [3.63, 3.8) is 0 Å². The molecular weight excluding hydrogens is 1030 g/mol. The van der Waals surface area contributed by atoms with Gasteiger partial charge in [-0.3, -0.25) is 43.6 Å². The third-order valence-corrected chi connectivity index (χ3v) is 14.4. The van der Waals surface area contributed by atoms with Crippen molar-refractivity contribution in [1.82, 2.24) is 30.2 Å². The molecule has 4 aromatic rings. The second kappa shape index (κ2) is 33.2. The van der Waals surface area contributed by atoms with Crippen molar-refractivity contribution in [1.29, 1.82) is 0 Å². The standard InChI is InChI=1S/C60H78N6O14/c67-45(11-9-31-75-35-38-78-34-22-62-60(74)80-44-55-52-18-7-3-14-48(52)49-15-4-8-19-53(49)55)39-63-23-27-65(41-57(69)70)29-25-64(26-30-66(28-24-63)42-58(71)72)40-56(68)61-21-33-77-37-36-76-32-10-20-59(73)79-43-54-50-16-5-1-12-46(50)47-13-2-6-17-51(47)54/h1-8,12-19,54-55H,9-11,20-44H2,(H,61,68)(H,62,74)(H,69,70)(H,71,72). The van der Waals surface area contributed by atoms with Crippen molar-refractivity contribution in [2.75, 3.05) is 158 Å². The Morgan fingerprint density at radius 3 is 1.23 bits per heavy atom. The van der Waals surface area contributed by atoms with Crippen LogP contribution in [0.15, 0.2) is 97.1 Å². The summed E-state index contributed by atoms with van der Waals surface area (Å²) in [7, 11) is 0. The van der Waals surface area contributed by atoms with Gasteiger partial charge in [-0.05, 0) is 57.3 Å². The first-order chi connectivity index (χ1) is 39.0. The highest BCUT2D eigenvalue weighted by Crippen LogP contribution is 2.45. The molecule has 1 heterocycles. The zero-order valence-corrected chi connectivity index (χ0v) is 45.8. The Bertz CT molecular complexity index is 2350. The van der Waals surface area contributed by atoms with Gasteiger partial charge in [0.1, 0.15) is 19.0 Å². The van der Waals surface area contributed by atoms with E-state index in [1.807, 2.05) is 58.3 Å². The van der Waals surface area contributed by atoms with Gasteiger partial charge < -0.3 is 49.3 Å². The molecule has 0 unspecified atom stereocenters. The molecule has 1 fully saturated rings. The van der Waals surface area contributed by atoms with Crippen LogP contribution in [-0.4, -0.2) is 223 Å². The summed E-state index contributed by atoms with van der Waals surface area (Å²) in [6.45, 7) is 6.15. The van der Waals surface area contributed by atoms with Crippen LogP contribution >= 0.6 is 0 Å². The number of nitrogens with zero attached hydrogens (tertiary/aromatic N) is 4. The lowest BCUT2D eigenvalue weighted by Gasteiger charge is -2.33. The molecule has 80 heavy (non-hydrogen) atoms. The highest BCUT2D eigenvalue weighted by atomic mass is 16.6. The third kappa shape index (κ3) is 19.9. The molecule has 20 nitrogen and oxygen atoms in total. The fourth-order valence-corrected chi connectivity index (χ4v) is 10.3. The molecule has 0 bridgehead atoms. The van der Waals surface area contributed by atoms with E-state index in [0.717, 1.165) is 22.3 Å². The largest absolute Gasteiger partial charge is 0.480 e. The summed E-state index contributed by atoms with van der Waals surface area (Å²) in [5, 5.41) is 25.0. The first kappa shape index (κ1) is 61.0. The third-order valence-electron chi connectivity index (χ3n) is 14.4. The van der Waals surface area contributed by atoms with E-state index in [1.165, 1.54) is 22.3 Å². The quantitative estimate of drug-likeness (QED) is 0.0387. The van der Waals surface area contributed by atoms with E-state index in [1.54, 1.807) is 9.80 Å². The predicted molar refractivity (Wildman–Crippen MR) is 299 cm³/mol. The number of esters is 1. The first-order valence-electron chi connectivity index (χ1n) is 27.9. The number of carbonyl (C=O) groups is 6. The van der Waals surface area contributed by atoms with Gasteiger partial charge in [0.25, 0.3) is 0 Å². The first-order valence-corrected chi connectivity index (χ1v) is 27.9. The van der Waals surface area contributed by atoms with Crippen molar-refractivity contribution in [2.45, 2.75) is 37.5 Å². The van der Waals surface area contributed by atoms with Crippen molar-refractivity contribution >= 4 is 35.7 Å². The number of hydrogen-bond donors (Lipinski definition) is 4. The molecule has 4 N–H and O–H groups in total. The summed E-state index contributed by atoms with van der Waals surface area (Å²) in [6, 6.07) is 32.8. The molecule has 2 amide bonds. The van der Waals surface area contributed by atoms with Crippen LogP contribution in [0.2, 0.25) is 0 Å². The van der Waals surface area contributed by atoms with Crippen molar-refractivity contribution in [3.05, 3.63) is 119 Å². The van der Waals surface area contributed by atoms with Crippen molar-refractivity contribution in [2.24, 2.45) is 0 Å². The number of alkyl carbamates (subject to hydrolysis) is 1. The minimum Gasteiger partial charge on any atom is -0.480 e. The normalized spacial score (nSPS) is 15.4. The van der Waals surface area contributed by atoms with Gasteiger partial charge in [-0.1, -0.05) is 97.1 Å². The van der Waals surface area contributed by atoms with Crippen LogP contribution in [0.25, 0.3) is 22.3 Å². The Labute approximate surface area is 468 Å². The molecule has 0 radical (unpaired) electrons. The van der Waals surface area contributed by atoms with E-state index < -0.39 is 18.0 Å². The van der Waals surface area contributed by atoms with Gasteiger partial charge >= 0.3 is 24.0 Å². The summed E-state index contributed by atoms with van der Waals surface area (Å²) >= 11 is 0. The summed E-state index contributed by atoms with van der Waals surface area (Å²) < 4.78 is 33.8. The summed E-state index contributed by atoms with van der Waals surface area (Å²) in [5.74, 6) is -2.52. The molecule has 1 saturated heterocycles. The number of fused-ring (bicyclic) bond motifs is 6. The Kier molecular flexibility index (Phi) is 25.3. The number of ketones is 1. The highest BCUT2D eigenvalue weighted by molar-refractivity contribution is 5.81. The second-order valence-corrected chi connectivity index (χ2v) is 20.1. The minimum absolute atomic E-state index is 0.0120. The van der Waals surface area contributed by atoms with Crippen LogP contribution < -0.4 is 10.6 Å². The summed E-state index contributed by atoms with van der Waals surface area (Å²) in [4.78, 5) is 82.4. The minimum atomic E-state index is -0.994. The maximum Gasteiger partial charge on any atom is 0.407 e. The topological polar surface area (TPSA) is 235 Å². The van der Waals surface area contributed by atoms with Crippen molar-refractivity contribution < 1.29 is 67.4 Å². The lowest BCUT2D eigenvalue weighted by molar-refractivity contribution is -0.144. The van der Waals surface area contributed by atoms with E-state index in [2.05, 4.69) is 59.2 Å². The van der Waals surface area contributed by atoms with Gasteiger partial charge in [-0.2, -0.15) is 0 Å². The molecular formula is C60H78N6O14. The zero-order valence-electron chi connectivity index (χ0n) is 45.8. The van der Waals surface area contributed by atoms with E-state index in [0.29, 0.717) is 105 Å². The van der Waals surface area contributed by atoms with Crippen LogP contribution in [0.4, 0.5) is 4.79 Å². The fourth-order valence-electron chi connectivity index (χ4n) is 10.3. The van der Waals surface area contributed by atoms with Crippen LogP contribution in [0.3, 0.4) is 0 Å². The molecule has 20 heteroatoms. The monoisotopic (exact) mass is 1110 g/mol. The van der Waals surface area contributed by atoms with E-state index >= 15 is 0 Å². The number of aliphatic carboxylic acids is 2. The van der Waals surface area contributed by atoms with Gasteiger partial charge in [0.2, 0.25) is 5.91 Å². The van der Waals surface area contributed by atoms with E-state index in [9.17, 15) is 39.0 Å². The number of ether oxygens (including phenoxy) is 6. The fraction of sp³-hybridized carbons (Fsp3) is 0.500. The van der Waals surface area contributed by atoms with Gasteiger partial charge in [0, 0.05) is 103 Å². The lowest BCUT2D eigenvalue weighted by atomic mass is 9.98.